The molecule has 11 heteroatoms. The Labute approximate surface area is 189 Å². The first-order valence-electron chi connectivity index (χ1n) is 11.1. The topological polar surface area (TPSA) is 117 Å². The summed E-state index contributed by atoms with van der Waals surface area (Å²) in [6.45, 7) is 6.57. The number of fused-ring (bicyclic) bond motifs is 5. The predicted molar refractivity (Wildman–Crippen MR) is 116 cm³/mol. The SMILES string of the molecule is CCCN(C)c1noc2c(F)c3c(cc12)CC1(C(=O)NC(=O)NC1=O)[C@H]1[C@H](C)O[C@H](C)CN31. The number of imide groups is 2. The zero-order chi connectivity index (χ0) is 23.7. The standard InChI is InChI=1S/C22H26FN5O5/c1-5-6-27(4)18-13-7-12-8-22(19(29)24-21(31)25-20(22)30)17-11(3)32-10(2)9-28(17)15(12)14(23)16(13)33-26-18/h7,10-11,17H,5-6,8-9H2,1-4H3,(H2,24,25,29,30,31)/t10-,11+,17-/m1/s1. The molecule has 33 heavy (non-hydrogen) atoms. The van der Waals surface area contributed by atoms with Gasteiger partial charge in [-0.3, -0.25) is 20.2 Å². The number of halogens is 1. The summed E-state index contributed by atoms with van der Waals surface area (Å²) in [4.78, 5) is 41.9. The molecule has 10 nitrogen and oxygen atoms in total. The molecule has 0 aliphatic carbocycles. The van der Waals surface area contributed by atoms with E-state index in [1.54, 1.807) is 17.9 Å². The van der Waals surface area contributed by atoms with Crippen molar-refractivity contribution >= 4 is 40.3 Å². The van der Waals surface area contributed by atoms with Crippen LogP contribution in [-0.4, -0.2) is 61.4 Å². The lowest BCUT2D eigenvalue weighted by molar-refractivity contribution is -0.153. The minimum Gasteiger partial charge on any atom is -0.372 e. The largest absolute Gasteiger partial charge is 0.372 e. The molecule has 4 amide bonds. The quantitative estimate of drug-likeness (QED) is 0.667. The minimum absolute atomic E-state index is 0.0286. The third-order valence-corrected chi connectivity index (χ3v) is 6.87. The summed E-state index contributed by atoms with van der Waals surface area (Å²) in [5.41, 5.74) is -0.876. The van der Waals surface area contributed by atoms with E-state index in [0.717, 1.165) is 6.42 Å². The van der Waals surface area contributed by atoms with Gasteiger partial charge in [-0.05, 0) is 31.9 Å². The molecule has 1 spiro atoms. The molecule has 2 saturated heterocycles. The molecule has 1 aromatic heterocycles. The van der Waals surface area contributed by atoms with Gasteiger partial charge in [-0.2, -0.15) is 0 Å². The number of anilines is 2. The monoisotopic (exact) mass is 459 g/mol. The Kier molecular flexibility index (Phi) is 4.85. The van der Waals surface area contributed by atoms with E-state index in [9.17, 15) is 14.4 Å². The molecule has 3 atom stereocenters. The van der Waals surface area contributed by atoms with Crippen LogP contribution in [0.5, 0.6) is 0 Å². The maximum Gasteiger partial charge on any atom is 0.328 e. The summed E-state index contributed by atoms with van der Waals surface area (Å²) < 4.78 is 27.3. The van der Waals surface area contributed by atoms with Crippen LogP contribution in [0.4, 0.5) is 20.7 Å². The van der Waals surface area contributed by atoms with Crippen molar-refractivity contribution in [3.8, 4) is 0 Å². The number of hydrogen-bond donors (Lipinski definition) is 2. The zero-order valence-electron chi connectivity index (χ0n) is 18.9. The van der Waals surface area contributed by atoms with Gasteiger partial charge >= 0.3 is 6.03 Å². The number of nitrogens with zero attached hydrogens (tertiary/aromatic N) is 3. The summed E-state index contributed by atoms with van der Waals surface area (Å²) in [5.74, 6) is -1.52. The van der Waals surface area contributed by atoms with Gasteiger partial charge in [-0.15, -0.1) is 0 Å². The van der Waals surface area contributed by atoms with Crippen LogP contribution in [0.15, 0.2) is 10.6 Å². The summed E-state index contributed by atoms with van der Waals surface area (Å²) >= 11 is 0. The lowest BCUT2D eigenvalue weighted by Crippen LogP contribution is -2.75. The predicted octanol–water partition coefficient (Wildman–Crippen LogP) is 1.70. The number of hydrogen-bond acceptors (Lipinski definition) is 8. The average Bonchev–Trinajstić information content (AvgIpc) is 3.15. The van der Waals surface area contributed by atoms with Crippen LogP contribution in [0.2, 0.25) is 0 Å². The lowest BCUT2D eigenvalue weighted by atomic mass is 9.66. The number of carbonyl (C=O) groups excluding carboxylic acids is 3. The summed E-state index contributed by atoms with van der Waals surface area (Å²) in [5, 5.41) is 9.03. The Morgan fingerprint density at radius 3 is 2.64 bits per heavy atom. The number of amides is 4. The van der Waals surface area contributed by atoms with E-state index >= 15 is 4.39 Å². The van der Waals surface area contributed by atoms with E-state index in [4.69, 9.17) is 9.26 Å². The smallest absolute Gasteiger partial charge is 0.328 e. The molecular formula is C22H26FN5O5. The number of rotatable bonds is 3. The van der Waals surface area contributed by atoms with Crippen molar-refractivity contribution in [2.24, 2.45) is 5.41 Å². The first kappa shape index (κ1) is 21.6. The zero-order valence-corrected chi connectivity index (χ0v) is 18.9. The van der Waals surface area contributed by atoms with Crippen molar-refractivity contribution in [3.63, 3.8) is 0 Å². The van der Waals surface area contributed by atoms with E-state index in [-0.39, 0.29) is 30.3 Å². The highest BCUT2D eigenvalue weighted by Crippen LogP contribution is 2.49. The van der Waals surface area contributed by atoms with E-state index in [2.05, 4.69) is 15.8 Å². The number of carbonyl (C=O) groups is 3. The fraction of sp³-hybridized carbons (Fsp3) is 0.545. The Morgan fingerprint density at radius 1 is 1.27 bits per heavy atom. The molecule has 1 aromatic carbocycles. The lowest BCUT2D eigenvalue weighted by Gasteiger charge is -2.55. The third kappa shape index (κ3) is 2.94. The van der Waals surface area contributed by atoms with Crippen molar-refractivity contribution < 1.29 is 28.0 Å². The van der Waals surface area contributed by atoms with Crippen molar-refractivity contribution in [1.29, 1.82) is 0 Å². The van der Waals surface area contributed by atoms with Crippen molar-refractivity contribution in [3.05, 3.63) is 17.4 Å². The first-order valence-corrected chi connectivity index (χ1v) is 11.1. The van der Waals surface area contributed by atoms with Gasteiger partial charge in [0.15, 0.2) is 17.1 Å². The van der Waals surface area contributed by atoms with Gasteiger partial charge in [-0.1, -0.05) is 12.1 Å². The average molecular weight is 459 g/mol. The van der Waals surface area contributed by atoms with Crippen LogP contribution in [0.1, 0.15) is 32.8 Å². The molecule has 2 aromatic rings. The number of barbiturate groups is 1. The molecule has 3 aliphatic heterocycles. The molecule has 0 unspecified atom stereocenters. The molecule has 4 heterocycles. The normalized spacial score (nSPS) is 26.2. The number of benzene rings is 1. The number of urea groups is 1. The second-order valence-electron chi connectivity index (χ2n) is 9.14. The number of morpholine rings is 1. The van der Waals surface area contributed by atoms with Crippen molar-refractivity contribution in [2.45, 2.75) is 51.9 Å². The van der Waals surface area contributed by atoms with Gasteiger partial charge < -0.3 is 19.1 Å². The third-order valence-electron chi connectivity index (χ3n) is 6.87. The van der Waals surface area contributed by atoms with Gasteiger partial charge in [0.05, 0.1) is 29.3 Å². The molecule has 2 N–H and O–H groups in total. The van der Waals surface area contributed by atoms with E-state index < -0.39 is 41.2 Å². The Bertz CT molecular complexity index is 1160. The van der Waals surface area contributed by atoms with E-state index in [0.29, 0.717) is 23.3 Å². The van der Waals surface area contributed by atoms with Crippen LogP contribution in [-0.2, 0) is 20.7 Å². The Hall–Kier alpha value is -3.21. The second kappa shape index (κ2) is 7.41. The highest BCUT2D eigenvalue weighted by molar-refractivity contribution is 6.20. The number of ether oxygens (including phenoxy) is 1. The van der Waals surface area contributed by atoms with Crippen molar-refractivity contribution in [1.82, 2.24) is 15.8 Å². The van der Waals surface area contributed by atoms with Gasteiger partial charge in [0.2, 0.25) is 17.4 Å². The summed E-state index contributed by atoms with van der Waals surface area (Å²) in [6.07, 6.45) is -0.0821. The van der Waals surface area contributed by atoms with Gasteiger partial charge in [-0.25, -0.2) is 9.18 Å². The highest BCUT2D eigenvalue weighted by atomic mass is 19.1. The van der Waals surface area contributed by atoms with Gasteiger partial charge in [0, 0.05) is 26.6 Å². The fourth-order valence-corrected chi connectivity index (χ4v) is 5.65. The molecule has 5 rings (SSSR count). The van der Waals surface area contributed by atoms with Crippen LogP contribution in [0, 0.1) is 11.2 Å². The van der Waals surface area contributed by atoms with Crippen LogP contribution in [0.3, 0.4) is 0 Å². The number of nitrogens with one attached hydrogen (secondary N) is 2. The summed E-state index contributed by atoms with van der Waals surface area (Å²) in [7, 11) is 1.84. The molecule has 0 saturated carbocycles. The first-order chi connectivity index (χ1) is 15.7. The van der Waals surface area contributed by atoms with E-state index in [1.807, 2.05) is 25.8 Å². The Balaban J connectivity index is 1.74. The van der Waals surface area contributed by atoms with Gasteiger partial charge in [0.25, 0.3) is 0 Å². The summed E-state index contributed by atoms with van der Waals surface area (Å²) in [6, 6.07) is 0.0622. The Morgan fingerprint density at radius 2 is 1.97 bits per heavy atom. The molecule has 0 radical (unpaired) electrons. The van der Waals surface area contributed by atoms with Crippen LogP contribution < -0.4 is 20.4 Å². The molecule has 176 valence electrons. The fourth-order valence-electron chi connectivity index (χ4n) is 5.65. The van der Waals surface area contributed by atoms with Gasteiger partial charge in [0.1, 0.15) is 0 Å². The molecule has 0 bridgehead atoms. The maximum absolute atomic E-state index is 16.0. The van der Waals surface area contributed by atoms with Crippen molar-refractivity contribution in [2.75, 3.05) is 29.9 Å². The second-order valence-corrected chi connectivity index (χ2v) is 9.14. The van der Waals surface area contributed by atoms with Crippen LogP contribution >= 0.6 is 0 Å². The molecule has 3 aliphatic rings. The number of aromatic nitrogens is 1. The van der Waals surface area contributed by atoms with E-state index in [1.165, 1.54) is 0 Å². The molecule has 2 fully saturated rings. The minimum atomic E-state index is -1.66. The maximum atomic E-state index is 16.0. The molecular weight excluding hydrogens is 433 g/mol. The highest BCUT2D eigenvalue weighted by Gasteiger charge is 2.63. The van der Waals surface area contributed by atoms with Crippen LogP contribution in [0.25, 0.3) is 11.0 Å².